The third-order valence-electron chi connectivity index (χ3n) is 4.32. The Balaban J connectivity index is 1.78. The van der Waals surface area contributed by atoms with E-state index in [1.807, 2.05) is 35.2 Å². The van der Waals surface area contributed by atoms with Gasteiger partial charge in [-0.1, -0.05) is 30.3 Å². The molecule has 0 aliphatic carbocycles. The number of benzene rings is 1. The topological polar surface area (TPSA) is 38.1 Å². The van der Waals surface area contributed by atoms with E-state index in [9.17, 15) is 4.79 Å². The smallest absolute Gasteiger partial charge is 0.256 e. The zero-order valence-electron chi connectivity index (χ0n) is 12.7. The van der Waals surface area contributed by atoms with Gasteiger partial charge in [-0.25, -0.2) is 0 Å². The van der Waals surface area contributed by atoms with Crippen LogP contribution in [0.4, 0.5) is 0 Å². The fourth-order valence-electron chi connectivity index (χ4n) is 3.24. The van der Waals surface area contributed by atoms with Crippen molar-refractivity contribution in [1.82, 2.24) is 14.5 Å². The summed E-state index contributed by atoms with van der Waals surface area (Å²) >= 11 is 0. The Bertz CT molecular complexity index is 811. The van der Waals surface area contributed by atoms with Crippen molar-refractivity contribution < 1.29 is 4.79 Å². The van der Waals surface area contributed by atoms with Gasteiger partial charge in [0, 0.05) is 37.4 Å². The van der Waals surface area contributed by atoms with Crippen LogP contribution in [0, 0.1) is 0 Å². The van der Waals surface area contributed by atoms with Crippen molar-refractivity contribution in [2.45, 2.75) is 12.6 Å². The Morgan fingerprint density at radius 2 is 1.87 bits per heavy atom. The average molecular weight is 303 g/mol. The van der Waals surface area contributed by atoms with Crippen molar-refractivity contribution in [3.63, 3.8) is 0 Å². The van der Waals surface area contributed by atoms with E-state index in [2.05, 4.69) is 33.9 Å². The van der Waals surface area contributed by atoms with Crippen molar-refractivity contribution in [3.05, 3.63) is 90.0 Å². The second-order valence-electron chi connectivity index (χ2n) is 5.68. The van der Waals surface area contributed by atoms with Crippen molar-refractivity contribution in [1.29, 1.82) is 0 Å². The molecule has 3 aromatic rings. The fourth-order valence-corrected chi connectivity index (χ4v) is 3.24. The third-order valence-corrected chi connectivity index (χ3v) is 4.32. The lowest BCUT2D eigenvalue weighted by Gasteiger charge is -2.37. The quantitative estimate of drug-likeness (QED) is 0.729. The number of carbonyl (C=O) groups is 1. The van der Waals surface area contributed by atoms with Crippen LogP contribution in [0.2, 0.25) is 0 Å². The molecule has 1 aromatic carbocycles. The molecule has 0 spiro atoms. The standard InChI is InChI=1S/C19H17N3O/c23-19(16-8-4-10-20-14-16)22-13-12-21-11-5-9-17(21)18(22)15-6-2-1-3-7-15/h1-11,14,18H,12-13H2. The molecule has 0 radical (unpaired) electrons. The lowest BCUT2D eigenvalue weighted by Crippen LogP contribution is -2.42. The highest BCUT2D eigenvalue weighted by Gasteiger charge is 2.32. The maximum Gasteiger partial charge on any atom is 0.256 e. The molecule has 1 aliphatic rings. The van der Waals surface area contributed by atoms with Gasteiger partial charge in [0.25, 0.3) is 5.91 Å². The molecule has 23 heavy (non-hydrogen) atoms. The highest BCUT2D eigenvalue weighted by molar-refractivity contribution is 5.94. The second-order valence-corrected chi connectivity index (χ2v) is 5.68. The van der Waals surface area contributed by atoms with E-state index < -0.39 is 0 Å². The zero-order chi connectivity index (χ0) is 15.6. The predicted octanol–water partition coefficient (Wildman–Crippen LogP) is 3.13. The molecule has 1 aliphatic heterocycles. The van der Waals surface area contributed by atoms with Crippen LogP contribution >= 0.6 is 0 Å². The summed E-state index contributed by atoms with van der Waals surface area (Å²) in [6.45, 7) is 1.51. The summed E-state index contributed by atoms with van der Waals surface area (Å²) in [6.07, 6.45) is 5.40. The van der Waals surface area contributed by atoms with E-state index in [0.29, 0.717) is 12.1 Å². The van der Waals surface area contributed by atoms with Crippen LogP contribution in [0.5, 0.6) is 0 Å². The van der Waals surface area contributed by atoms with Gasteiger partial charge in [-0.05, 0) is 29.8 Å². The number of fused-ring (bicyclic) bond motifs is 1. The molecule has 1 atom stereocenters. The largest absolute Gasteiger partial charge is 0.348 e. The molecule has 114 valence electrons. The number of nitrogens with zero attached hydrogens (tertiary/aromatic N) is 3. The van der Waals surface area contributed by atoms with Gasteiger partial charge in [-0.15, -0.1) is 0 Å². The number of pyridine rings is 1. The van der Waals surface area contributed by atoms with E-state index in [1.165, 1.54) is 0 Å². The Kier molecular flexibility index (Phi) is 3.42. The molecule has 1 unspecified atom stereocenters. The summed E-state index contributed by atoms with van der Waals surface area (Å²) < 4.78 is 2.23. The van der Waals surface area contributed by atoms with Gasteiger partial charge in [-0.2, -0.15) is 0 Å². The molecule has 0 N–H and O–H groups in total. The van der Waals surface area contributed by atoms with Crippen LogP contribution in [0.25, 0.3) is 0 Å². The van der Waals surface area contributed by atoms with E-state index >= 15 is 0 Å². The van der Waals surface area contributed by atoms with Crippen LogP contribution in [-0.2, 0) is 6.54 Å². The number of rotatable bonds is 2. The average Bonchev–Trinajstić information content (AvgIpc) is 3.10. The van der Waals surface area contributed by atoms with Gasteiger partial charge < -0.3 is 9.47 Å². The molecule has 2 aromatic heterocycles. The number of amides is 1. The van der Waals surface area contributed by atoms with Crippen LogP contribution in [0.3, 0.4) is 0 Å². The zero-order valence-corrected chi connectivity index (χ0v) is 12.7. The van der Waals surface area contributed by atoms with Gasteiger partial charge in [0.1, 0.15) is 0 Å². The van der Waals surface area contributed by atoms with Gasteiger partial charge in [0.2, 0.25) is 0 Å². The summed E-state index contributed by atoms with van der Waals surface area (Å²) in [5, 5.41) is 0. The first-order valence-electron chi connectivity index (χ1n) is 7.75. The van der Waals surface area contributed by atoms with Gasteiger partial charge in [0.15, 0.2) is 0 Å². The molecule has 4 nitrogen and oxygen atoms in total. The molecule has 0 saturated carbocycles. The van der Waals surface area contributed by atoms with Crippen molar-refractivity contribution in [2.24, 2.45) is 0 Å². The third kappa shape index (κ3) is 2.42. The van der Waals surface area contributed by atoms with Crippen LogP contribution in [0.15, 0.2) is 73.2 Å². The minimum atomic E-state index is -0.0624. The van der Waals surface area contributed by atoms with E-state index in [0.717, 1.165) is 17.8 Å². The second kappa shape index (κ2) is 5.72. The Hall–Kier alpha value is -2.88. The molecule has 3 heterocycles. The van der Waals surface area contributed by atoms with Crippen molar-refractivity contribution in [2.75, 3.05) is 6.54 Å². The van der Waals surface area contributed by atoms with Gasteiger partial charge in [-0.3, -0.25) is 9.78 Å². The number of hydrogen-bond donors (Lipinski definition) is 0. The number of hydrogen-bond acceptors (Lipinski definition) is 2. The normalized spacial score (nSPS) is 16.9. The number of carbonyl (C=O) groups excluding carboxylic acids is 1. The first-order valence-corrected chi connectivity index (χ1v) is 7.75. The Morgan fingerprint density at radius 1 is 1.00 bits per heavy atom. The van der Waals surface area contributed by atoms with Crippen molar-refractivity contribution >= 4 is 5.91 Å². The van der Waals surface area contributed by atoms with E-state index in [1.54, 1.807) is 18.5 Å². The molecule has 0 saturated heterocycles. The van der Waals surface area contributed by atoms with Crippen LogP contribution < -0.4 is 0 Å². The summed E-state index contributed by atoms with van der Waals surface area (Å²) in [4.78, 5) is 19.0. The first kappa shape index (κ1) is 13.8. The predicted molar refractivity (Wildman–Crippen MR) is 88.0 cm³/mol. The molecule has 4 rings (SSSR count). The lowest BCUT2D eigenvalue weighted by molar-refractivity contribution is 0.0663. The maximum atomic E-state index is 13.0. The highest BCUT2D eigenvalue weighted by atomic mass is 16.2. The lowest BCUT2D eigenvalue weighted by atomic mass is 9.99. The monoisotopic (exact) mass is 303 g/mol. The Morgan fingerprint density at radius 3 is 2.65 bits per heavy atom. The van der Waals surface area contributed by atoms with Crippen molar-refractivity contribution in [3.8, 4) is 0 Å². The minimum absolute atomic E-state index is 0.0272. The summed E-state index contributed by atoms with van der Waals surface area (Å²) in [5.74, 6) is 0.0272. The highest BCUT2D eigenvalue weighted by Crippen LogP contribution is 2.33. The minimum Gasteiger partial charge on any atom is -0.348 e. The molecule has 4 heteroatoms. The van der Waals surface area contributed by atoms with E-state index in [4.69, 9.17) is 0 Å². The van der Waals surface area contributed by atoms with Crippen LogP contribution in [-0.4, -0.2) is 26.9 Å². The fraction of sp³-hybridized carbons (Fsp3) is 0.158. The maximum absolute atomic E-state index is 13.0. The number of aromatic nitrogens is 2. The van der Waals surface area contributed by atoms with Gasteiger partial charge >= 0.3 is 0 Å². The van der Waals surface area contributed by atoms with E-state index in [-0.39, 0.29) is 11.9 Å². The summed E-state index contributed by atoms with van der Waals surface area (Å²) in [5.41, 5.74) is 2.91. The molecule has 1 amide bonds. The van der Waals surface area contributed by atoms with Crippen LogP contribution in [0.1, 0.15) is 27.7 Å². The summed E-state index contributed by atoms with van der Waals surface area (Å²) in [7, 11) is 0. The molecule has 0 bridgehead atoms. The van der Waals surface area contributed by atoms with Gasteiger partial charge in [0.05, 0.1) is 11.6 Å². The molecular weight excluding hydrogens is 286 g/mol. The summed E-state index contributed by atoms with van der Waals surface area (Å²) in [6, 6.07) is 17.9. The first-order chi connectivity index (χ1) is 11.3. The molecule has 0 fully saturated rings. The molecular formula is C19H17N3O. The SMILES string of the molecule is O=C(c1cccnc1)N1CCn2cccc2C1c1ccccc1. The Labute approximate surface area is 135 Å².